The van der Waals surface area contributed by atoms with Crippen LogP contribution in [0.25, 0.3) is 0 Å². The molecule has 0 saturated carbocycles. The topological polar surface area (TPSA) is 218 Å². The van der Waals surface area contributed by atoms with Crippen molar-refractivity contribution < 1.29 is 47.7 Å². The summed E-state index contributed by atoms with van der Waals surface area (Å²) in [6.45, 7) is 5.41. The number of benzene rings is 5. The molecule has 71 heavy (non-hydrogen) atoms. The standard InChI is InChI=1S/C49H48N8O9.C2H4O.C2H6/c1-50-23-45(58)53-24-46(59)54-25-47(60)55-32-13-28(26-65-43-19-37-35(17-41(43)63-2)48(61)56-33(21-51-37)15-30-8-4-6-10-39(30)56)12-29(14-32)27-66-44-20-38-36(18-42(44)64-3)49(62)57-34(22-52-38)16-31-9-5-7-11-40(31)57;1-2-3;1-2/h4-14,17-21,33-34,50,52H,15-16,22-27H2,1-3H3,(H,53,58)(H,54,59)(H,55,60);2H,1H3;1-2H3/t33?,34-;;/m0../s1. The smallest absolute Gasteiger partial charge is 0.261 e. The number of aldehydes is 1. The molecule has 18 heteroatoms. The van der Waals surface area contributed by atoms with Gasteiger partial charge in [-0.15, -0.1) is 0 Å². The Balaban J connectivity index is 0.00000143. The van der Waals surface area contributed by atoms with Crippen LogP contribution in [0.4, 0.5) is 28.4 Å². The van der Waals surface area contributed by atoms with E-state index in [1.165, 1.54) is 21.1 Å². The van der Waals surface area contributed by atoms with E-state index in [0.29, 0.717) is 75.3 Å². The van der Waals surface area contributed by atoms with Crippen LogP contribution < -0.4 is 55.3 Å². The average Bonchev–Trinajstić information content (AvgIpc) is 3.87. The van der Waals surface area contributed by atoms with Crippen LogP contribution in [-0.4, -0.2) is 102 Å². The van der Waals surface area contributed by atoms with Crippen LogP contribution in [0.15, 0.2) is 96.0 Å². The van der Waals surface area contributed by atoms with E-state index >= 15 is 0 Å². The van der Waals surface area contributed by atoms with Crippen molar-refractivity contribution in [2.75, 3.05) is 67.9 Å². The van der Waals surface area contributed by atoms with Crippen molar-refractivity contribution in [3.8, 4) is 23.0 Å². The molecule has 0 bridgehead atoms. The van der Waals surface area contributed by atoms with Crippen LogP contribution in [0.1, 0.15) is 63.7 Å². The Kier molecular flexibility index (Phi) is 16.7. The summed E-state index contributed by atoms with van der Waals surface area (Å²) in [4.78, 5) is 82.5. The average molecular weight is 967 g/mol. The highest BCUT2D eigenvalue weighted by molar-refractivity contribution is 6.15. The van der Waals surface area contributed by atoms with Gasteiger partial charge >= 0.3 is 0 Å². The highest BCUT2D eigenvalue weighted by Gasteiger charge is 2.39. The second kappa shape index (κ2) is 23.4. The van der Waals surface area contributed by atoms with E-state index in [4.69, 9.17) is 28.7 Å². The van der Waals surface area contributed by atoms with Crippen LogP contribution in [0, 0.1) is 0 Å². The lowest BCUT2D eigenvalue weighted by Crippen LogP contribution is -2.42. The summed E-state index contributed by atoms with van der Waals surface area (Å²) < 4.78 is 24.2. The lowest BCUT2D eigenvalue weighted by Gasteiger charge is -2.22. The number of aliphatic imine (C=N–C) groups is 1. The molecule has 0 fully saturated rings. The first-order valence-corrected chi connectivity index (χ1v) is 23.3. The fourth-order valence-electron chi connectivity index (χ4n) is 8.77. The molecule has 0 aliphatic carbocycles. The van der Waals surface area contributed by atoms with E-state index in [0.717, 1.165) is 35.2 Å². The molecule has 1 unspecified atom stereocenters. The maximum atomic E-state index is 14.0. The summed E-state index contributed by atoms with van der Waals surface area (Å²) >= 11 is 0. The van der Waals surface area contributed by atoms with E-state index < -0.39 is 11.8 Å². The van der Waals surface area contributed by atoms with Crippen LogP contribution in [0.2, 0.25) is 0 Å². The van der Waals surface area contributed by atoms with Crippen molar-refractivity contribution in [3.63, 3.8) is 0 Å². The molecule has 5 aromatic carbocycles. The predicted octanol–water partition coefficient (Wildman–Crippen LogP) is 5.77. The van der Waals surface area contributed by atoms with E-state index in [1.807, 2.05) is 73.3 Å². The molecule has 4 aliphatic rings. The Labute approximate surface area is 412 Å². The zero-order valence-corrected chi connectivity index (χ0v) is 40.6. The number of hydrogen-bond acceptors (Lipinski definition) is 13. The molecular weight excluding hydrogens is 909 g/mol. The first-order chi connectivity index (χ1) is 34.5. The predicted molar refractivity (Wildman–Crippen MR) is 271 cm³/mol. The molecule has 5 aromatic rings. The summed E-state index contributed by atoms with van der Waals surface area (Å²) in [6.07, 6.45) is 3.94. The van der Waals surface area contributed by atoms with Crippen molar-refractivity contribution in [2.24, 2.45) is 4.99 Å². The van der Waals surface area contributed by atoms with Gasteiger partial charge in [0.1, 0.15) is 19.5 Å². The number of nitrogens with zero attached hydrogens (tertiary/aromatic N) is 3. The minimum Gasteiger partial charge on any atom is -0.493 e. The van der Waals surface area contributed by atoms with Crippen LogP contribution >= 0.6 is 0 Å². The quantitative estimate of drug-likeness (QED) is 0.0791. The Morgan fingerprint density at radius 2 is 1.25 bits per heavy atom. The first-order valence-electron chi connectivity index (χ1n) is 23.3. The van der Waals surface area contributed by atoms with Crippen molar-refractivity contribution >= 4 is 70.5 Å². The Bertz CT molecular complexity index is 2850. The van der Waals surface area contributed by atoms with Gasteiger partial charge in [0.15, 0.2) is 23.0 Å². The number of amides is 5. The summed E-state index contributed by atoms with van der Waals surface area (Å²) in [5.74, 6) is -0.291. The van der Waals surface area contributed by atoms with E-state index in [2.05, 4.69) is 26.6 Å². The molecular formula is C53H58N8O10. The molecule has 5 N–H and O–H groups in total. The number of anilines is 4. The summed E-state index contributed by atoms with van der Waals surface area (Å²) in [5, 5.41) is 14.0. The number of nitrogens with one attached hydrogen (secondary N) is 5. The van der Waals surface area contributed by atoms with Crippen LogP contribution in [0.5, 0.6) is 23.0 Å². The third-order valence-corrected chi connectivity index (χ3v) is 11.8. The molecule has 5 amide bonds. The Morgan fingerprint density at radius 1 is 0.704 bits per heavy atom. The Morgan fingerprint density at radius 3 is 1.89 bits per heavy atom. The van der Waals surface area contributed by atoms with Gasteiger partial charge in [-0.3, -0.25) is 33.9 Å². The number of methoxy groups -OCH3 is 2. The summed E-state index contributed by atoms with van der Waals surface area (Å²) in [5.41, 5.74) is 7.54. The molecule has 0 saturated heterocycles. The molecule has 9 rings (SSSR count). The third kappa shape index (κ3) is 11.5. The van der Waals surface area contributed by atoms with Crippen LogP contribution in [0.3, 0.4) is 0 Å². The molecule has 0 spiro atoms. The highest BCUT2D eigenvalue weighted by atomic mass is 16.5. The molecule has 370 valence electrons. The van der Waals surface area contributed by atoms with Crippen molar-refractivity contribution in [1.82, 2.24) is 16.0 Å². The molecule has 2 atom stereocenters. The SMILES string of the molecule is CC.CC=O.CNCC(=O)NCC(=O)NCC(=O)Nc1cc(COc2cc3c(cc2OC)C(=O)N2c4ccccc4CC2C=N3)cc(COc2cc3c(cc2OC)C(=O)N2c4ccccc4C[C@H]2CN3)c1. The van der Waals surface area contributed by atoms with Crippen molar-refractivity contribution in [1.29, 1.82) is 0 Å². The number of para-hydroxylation sites is 2. The lowest BCUT2D eigenvalue weighted by molar-refractivity contribution is -0.126. The number of carbonyl (C=O) groups is 6. The van der Waals surface area contributed by atoms with Gasteiger partial charge in [-0.2, -0.15) is 0 Å². The van der Waals surface area contributed by atoms with Gasteiger partial charge in [-0.1, -0.05) is 50.2 Å². The largest absolute Gasteiger partial charge is 0.493 e. The van der Waals surface area contributed by atoms with Gasteiger partial charge < -0.3 is 55.2 Å². The first kappa shape index (κ1) is 50.6. The number of fused-ring (bicyclic) bond motifs is 8. The summed E-state index contributed by atoms with van der Waals surface area (Å²) in [6, 6.07) is 27.6. The van der Waals surface area contributed by atoms with Gasteiger partial charge in [0.2, 0.25) is 17.7 Å². The fraction of sp³-hybridized carbons (Fsp3) is 0.302. The maximum absolute atomic E-state index is 14.0. The van der Waals surface area contributed by atoms with E-state index in [1.54, 1.807) is 54.6 Å². The normalized spacial score (nSPS) is 15.4. The number of likely N-dealkylation sites (N-methyl/N-ethyl adjacent to an activating group) is 1. The second-order valence-corrected chi connectivity index (χ2v) is 16.4. The van der Waals surface area contributed by atoms with E-state index in [-0.39, 0.29) is 62.7 Å². The highest BCUT2D eigenvalue weighted by Crippen LogP contribution is 2.43. The van der Waals surface area contributed by atoms with Gasteiger partial charge in [0.05, 0.1) is 68.4 Å². The van der Waals surface area contributed by atoms with Gasteiger partial charge in [-0.05, 0) is 85.1 Å². The third-order valence-electron chi connectivity index (χ3n) is 11.8. The number of hydrogen-bond donors (Lipinski definition) is 5. The molecule has 0 radical (unpaired) electrons. The molecule has 4 heterocycles. The monoisotopic (exact) mass is 966 g/mol. The molecule has 4 aliphatic heterocycles. The van der Waals surface area contributed by atoms with Crippen molar-refractivity contribution in [2.45, 2.75) is 58.9 Å². The number of carbonyl (C=O) groups excluding carboxylic acids is 6. The fourth-order valence-corrected chi connectivity index (χ4v) is 8.77. The number of rotatable bonds is 15. The van der Waals surface area contributed by atoms with Gasteiger partial charge in [0, 0.05) is 48.4 Å². The second-order valence-electron chi connectivity index (χ2n) is 16.4. The molecule has 0 aromatic heterocycles. The van der Waals surface area contributed by atoms with Crippen LogP contribution in [-0.2, 0) is 45.2 Å². The van der Waals surface area contributed by atoms with Gasteiger partial charge in [0.25, 0.3) is 11.8 Å². The van der Waals surface area contributed by atoms with Crippen molar-refractivity contribution in [3.05, 3.63) is 124 Å². The Hall–Kier alpha value is -8.25. The zero-order chi connectivity index (χ0) is 50.6. The minimum absolute atomic E-state index is 0.00366. The molecule has 18 nitrogen and oxygen atoms in total. The lowest BCUT2D eigenvalue weighted by atomic mass is 10.1. The van der Waals surface area contributed by atoms with E-state index in [9.17, 15) is 24.0 Å². The number of ether oxygens (including phenoxy) is 4. The zero-order valence-electron chi connectivity index (χ0n) is 40.6. The minimum atomic E-state index is -0.534. The van der Waals surface area contributed by atoms with Gasteiger partial charge in [-0.25, -0.2) is 0 Å². The maximum Gasteiger partial charge on any atom is 0.261 e. The summed E-state index contributed by atoms with van der Waals surface area (Å²) in [7, 11) is 4.62.